The molecule has 0 aliphatic carbocycles. The van der Waals surface area contributed by atoms with Crippen LogP contribution in [0.3, 0.4) is 0 Å². The molecular weight excluding hydrogens is 232 g/mol. The molecule has 3 N–H and O–H groups in total. The van der Waals surface area contributed by atoms with Gasteiger partial charge in [-0.3, -0.25) is 9.63 Å². The Morgan fingerprint density at radius 2 is 2.06 bits per heavy atom. The lowest BCUT2D eigenvalue weighted by Crippen LogP contribution is -2.28. The van der Waals surface area contributed by atoms with Crippen LogP contribution in [0.4, 0.5) is 0 Å². The molecule has 0 fully saturated rings. The Kier molecular flexibility index (Phi) is 4.11. The topological polar surface area (TPSA) is 77.5 Å². The third-order valence-electron chi connectivity index (χ3n) is 2.38. The lowest BCUT2D eigenvalue weighted by atomic mass is 10.1. The highest BCUT2D eigenvalue weighted by Gasteiger charge is 2.16. The summed E-state index contributed by atoms with van der Waals surface area (Å²) in [5.74, 6) is 0.166. The molecule has 0 saturated heterocycles. The van der Waals surface area contributed by atoms with Crippen molar-refractivity contribution in [1.29, 1.82) is 0 Å². The number of furan rings is 1. The molecule has 18 heavy (non-hydrogen) atoms. The SMILES string of the molecule is NC(=O)CONC(c1ccccc1)c1ccco1. The molecular formula is C13H14N2O3. The number of nitrogens with two attached hydrogens (primary N) is 1. The molecule has 1 aromatic carbocycles. The summed E-state index contributed by atoms with van der Waals surface area (Å²) in [4.78, 5) is 15.7. The smallest absolute Gasteiger partial charge is 0.245 e. The van der Waals surface area contributed by atoms with Crippen molar-refractivity contribution in [2.45, 2.75) is 6.04 Å². The first-order chi connectivity index (χ1) is 8.77. The van der Waals surface area contributed by atoms with Gasteiger partial charge < -0.3 is 10.2 Å². The van der Waals surface area contributed by atoms with Gasteiger partial charge in [-0.2, -0.15) is 5.48 Å². The molecule has 0 aliphatic rings. The van der Waals surface area contributed by atoms with E-state index in [2.05, 4.69) is 5.48 Å². The predicted molar refractivity (Wildman–Crippen MR) is 65.3 cm³/mol. The second-order valence-electron chi connectivity index (χ2n) is 3.73. The first-order valence-electron chi connectivity index (χ1n) is 5.51. The fourth-order valence-electron chi connectivity index (χ4n) is 1.59. The fourth-order valence-corrected chi connectivity index (χ4v) is 1.59. The third-order valence-corrected chi connectivity index (χ3v) is 2.38. The minimum atomic E-state index is -0.534. The Morgan fingerprint density at radius 3 is 2.67 bits per heavy atom. The van der Waals surface area contributed by atoms with Crippen LogP contribution in [0, 0.1) is 0 Å². The average molecular weight is 246 g/mol. The highest BCUT2D eigenvalue weighted by Crippen LogP contribution is 2.22. The van der Waals surface area contributed by atoms with Crippen molar-refractivity contribution in [2.24, 2.45) is 5.73 Å². The van der Waals surface area contributed by atoms with Crippen LogP contribution >= 0.6 is 0 Å². The summed E-state index contributed by atoms with van der Waals surface area (Å²) in [5, 5.41) is 0. The van der Waals surface area contributed by atoms with Crippen molar-refractivity contribution in [2.75, 3.05) is 6.61 Å². The second kappa shape index (κ2) is 6.00. The molecule has 1 amide bonds. The minimum Gasteiger partial charge on any atom is -0.467 e. The number of carbonyl (C=O) groups is 1. The summed E-state index contributed by atoms with van der Waals surface area (Å²) in [6, 6.07) is 13.0. The Balaban J connectivity index is 2.11. The number of carbonyl (C=O) groups excluding carboxylic acids is 1. The van der Waals surface area contributed by atoms with E-state index in [1.54, 1.807) is 12.3 Å². The molecule has 1 aromatic heterocycles. The van der Waals surface area contributed by atoms with Crippen molar-refractivity contribution in [3.8, 4) is 0 Å². The quantitative estimate of drug-likeness (QED) is 0.755. The normalized spacial score (nSPS) is 12.2. The van der Waals surface area contributed by atoms with Crippen LogP contribution in [-0.2, 0) is 9.63 Å². The molecule has 0 radical (unpaired) electrons. The molecule has 0 bridgehead atoms. The maximum atomic E-state index is 10.6. The lowest BCUT2D eigenvalue weighted by molar-refractivity contribution is -0.125. The predicted octanol–water partition coefficient (Wildman–Crippen LogP) is 1.38. The summed E-state index contributed by atoms with van der Waals surface area (Å²) in [5.41, 5.74) is 8.75. The van der Waals surface area contributed by atoms with E-state index < -0.39 is 5.91 Å². The zero-order valence-corrected chi connectivity index (χ0v) is 9.71. The number of hydrogen-bond donors (Lipinski definition) is 2. The molecule has 94 valence electrons. The van der Waals surface area contributed by atoms with E-state index in [9.17, 15) is 4.79 Å². The van der Waals surface area contributed by atoms with Crippen LogP contribution in [0.1, 0.15) is 17.4 Å². The number of hydroxylamine groups is 1. The van der Waals surface area contributed by atoms with E-state index in [-0.39, 0.29) is 12.6 Å². The molecule has 5 heteroatoms. The zero-order valence-electron chi connectivity index (χ0n) is 9.71. The monoisotopic (exact) mass is 246 g/mol. The molecule has 5 nitrogen and oxygen atoms in total. The molecule has 2 rings (SSSR count). The lowest BCUT2D eigenvalue weighted by Gasteiger charge is -2.16. The molecule has 0 aliphatic heterocycles. The third kappa shape index (κ3) is 3.19. The molecule has 1 unspecified atom stereocenters. The van der Waals surface area contributed by atoms with Gasteiger partial charge in [0.15, 0.2) is 0 Å². The van der Waals surface area contributed by atoms with Crippen molar-refractivity contribution < 1.29 is 14.0 Å². The number of nitrogens with one attached hydrogen (secondary N) is 1. The first kappa shape index (κ1) is 12.3. The van der Waals surface area contributed by atoms with Crippen LogP contribution in [0.15, 0.2) is 53.1 Å². The van der Waals surface area contributed by atoms with Crippen LogP contribution in [0.2, 0.25) is 0 Å². The van der Waals surface area contributed by atoms with Crippen LogP contribution in [-0.4, -0.2) is 12.5 Å². The van der Waals surface area contributed by atoms with Gasteiger partial charge in [0.2, 0.25) is 5.91 Å². The van der Waals surface area contributed by atoms with Gasteiger partial charge in [0.1, 0.15) is 18.4 Å². The average Bonchev–Trinajstić information content (AvgIpc) is 2.89. The van der Waals surface area contributed by atoms with Crippen LogP contribution < -0.4 is 11.2 Å². The van der Waals surface area contributed by atoms with Gasteiger partial charge in [0.05, 0.1) is 6.26 Å². The van der Waals surface area contributed by atoms with E-state index in [0.717, 1.165) is 5.56 Å². The number of primary amides is 1. The standard InChI is InChI=1S/C13H14N2O3/c14-12(16)9-18-15-13(11-7-4-8-17-11)10-5-2-1-3-6-10/h1-8,13,15H,9H2,(H2,14,16). The number of rotatable bonds is 6. The maximum absolute atomic E-state index is 10.6. The van der Waals surface area contributed by atoms with Crippen molar-refractivity contribution >= 4 is 5.91 Å². The van der Waals surface area contributed by atoms with Crippen molar-refractivity contribution in [3.05, 3.63) is 60.1 Å². The van der Waals surface area contributed by atoms with Gasteiger partial charge in [0.25, 0.3) is 0 Å². The number of benzene rings is 1. The van der Waals surface area contributed by atoms with Gasteiger partial charge in [-0.15, -0.1) is 0 Å². The van der Waals surface area contributed by atoms with Gasteiger partial charge >= 0.3 is 0 Å². The largest absolute Gasteiger partial charge is 0.467 e. The van der Waals surface area contributed by atoms with E-state index in [1.165, 1.54) is 0 Å². The number of hydrogen-bond acceptors (Lipinski definition) is 4. The van der Waals surface area contributed by atoms with E-state index in [4.69, 9.17) is 15.0 Å². The zero-order chi connectivity index (χ0) is 12.8. The Morgan fingerprint density at radius 1 is 1.28 bits per heavy atom. The molecule has 0 spiro atoms. The minimum absolute atomic E-state index is 0.190. The van der Waals surface area contributed by atoms with E-state index in [0.29, 0.717) is 5.76 Å². The van der Waals surface area contributed by atoms with E-state index >= 15 is 0 Å². The van der Waals surface area contributed by atoms with Crippen molar-refractivity contribution in [1.82, 2.24) is 5.48 Å². The maximum Gasteiger partial charge on any atom is 0.245 e. The highest BCUT2D eigenvalue weighted by molar-refractivity contribution is 5.74. The van der Waals surface area contributed by atoms with Gasteiger partial charge in [-0.25, -0.2) is 0 Å². The van der Waals surface area contributed by atoms with Gasteiger partial charge in [-0.1, -0.05) is 30.3 Å². The summed E-state index contributed by atoms with van der Waals surface area (Å²) >= 11 is 0. The van der Waals surface area contributed by atoms with Crippen LogP contribution in [0.25, 0.3) is 0 Å². The van der Waals surface area contributed by atoms with Gasteiger partial charge in [-0.05, 0) is 17.7 Å². The molecule has 1 atom stereocenters. The van der Waals surface area contributed by atoms with E-state index in [1.807, 2.05) is 36.4 Å². The molecule has 2 aromatic rings. The molecule has 0 saturated carbocycles. The Labute approximate surface area is 104 Å². The van der Waals surface area contributed by atoms with Crippen molar-refractivity contribution in [3.63, 3.8) is 0 Å². The van der Waals surface area contributed by atoms with Gasteiger partial charge in [0, 0.05) is 0 Å². The summed E-state index contributed by atoms with van der Waals surface area (Å²) < 4.78 is 5.35. The summed E-state index contributed by atoms with van der Waals surface area (Å²) in [7, 11) is 0. The molecule has 1 heterocycles. The second-order valence-corrected chi connectivity index (χ2v) is 3.73. The fraction of sp³-hybridized carbons (Fsp3) is 0.154. The van der Waals surface area contributed by atoms with Crippen LogP contribution in [0.5, 0.6) is 0 Å². The first-order valence-corrected chi connectivity index (χ1v) is 5.51. The highest BCUT2D eigenvalue weighted by atomic mass is 16.6. The summed E-state index contributed by atoms with van der Waals surface area (Å²) in [6.45, 7) is -0.190. The Hall–Kier alpha value is -2.11. The Bertz CT molecular complexity index is 482. The number of amides is 1. The summed E-state index contributed by atoms with van der Waals surface area (Å²) in [6.07, 6.45) is 1.58.